The fraction of sp³-hybridized carbons (Fsp3) is 0.700. The molecule has 1 aliphatic rings. The zero-order valence-corrected chi connectivity index (χ0v) is 9.97. The molecule has 1 unspecified atom stereocenters. The topological polar surface area (TPSA) is 90.0 Å². The van der Waals surface area contributed by atoms with Gasteiger partial charge in [-0.25, -0.2) is 9.59 Å². The number of nitrogens with one attached hydrogen (secondary N) is 1. The predicted molar refractivity (Wildman–Crippen MR) is 59.5 cm³/mol. The van der Waals surface area contributed by atoms with Crippen molar-refractivity contribution in [2.45, 2.75) is 18.9 Å². The second kappa shape index (κ2) is 5.51. The van der Waals surface area contributed by atoms with Crippen LogP contribution in [0, 0.1) is 0 Å². The first-order valence-electron chi connectivity index (χ1n) is 5.41. The number of carboxylic acids is 1. The molecule has 3 amide bonds. The van der Waals surface area contributed by atoms with Crippen LogP contribution in [-0.2, 0) is 9.59 Å². The normalized spacial score (nSPS) is 18.9. The third kappa shape index (κ3) is 3.33. The van der Waals surface area contributed by atoms with Crippen LogP contribution in [0.2, 0.25) is 0 Å². The number of hydrogen-bond acceptors (Lipinski definition) is 3. The lowest BCUT2D eigenvalue weighted by Gasteiger charge is -2.22. The van der Waals surface area contributed by atoms with Gasteiger partial charge in [-0.05, 0) is 12.8 Å². The van der Waals surface area contributed by atoms with Gasteiger partial charge in [0.25, 0.3) is 0 Å². The first-order valence-corrected chi connectivity index (χ1v) is 5.41. The van der Waals surface area contributed by atoms with E-state index in [9.17, 15) is 14.4 Å². The molecule has 7 heteroatoms. The average Bonchev–Trinajstić information content (AvgIpc) is 2.73. The van der Waals surface area contributed by atoms with E-state index < -0.39 is 18.0 Å². The predicted octanol–water partition coefficient (Wildman–Crippen LogP) is -0.667. The fourth-order valence-corrected chi connectivity index (χ4v) is 1.68. The molecule has 0 aromatic heterocycles. The Labute approximate surface area is 99.4 Å². The highest BCUT2D eigenvalue weighted by atomic mass is 16.4. The lowest BCUT2D eigenvalue weighted by atomic mass is 10.2. The molecule has 2 N–H and O–H groups in total. The number of rotatable bonds is 3. The van der Waals surface area contributed by atoms with Crippen LogP contribution in [0.15, 0.2) is 0 Å². The fourth-order valence-electron chi connectivity index (χ4n) is 1.68. The van der Waals surface area contributed by atoms with Crippen LogP contribution >= 0.6 is 0 Å². The van der Waals surface area contributed by atoms with Gasteiger partial charge < -0.3 is 20.2 Å². The standard InChI is InChI=1S/C10H17N3O4/c1-12(2)8(14)6-11-10(17)13-5-3-4-7(13)9(15)16/h7H,3-6H2,1-2H3,(H,11,17)(H,15,16). The summed E-state index contributed by atoms with van der Waals surface area (Å²) in [5, 5.41) is 11.3. The summed E-state index contributed by atoms with van der Waals surface area (Å²) in [6.45, 7) is 0.299. The summed E-state index contributed by atoms with van der Waals surface area (Å²) in [7, 11) is 3.18. The number of likely N-dealkylation sites (tertiary alicyclic amines) is 1. The smallest absolute Gasteiger partial charge is 0.326 e. The number of nitrogens with zero attached hydrogens (tertiary/aromatic N) is 2. The van der Waals surface area contributed by atoms with Crippen molar-refractivity contribution < 1.29 is 19.5 Å². The lowest BCUT2D eigenvalue weighted by Crippen LogP contribution is -2.48. The summed E-state index contributed by atoms with van der Waals surface area (Å²) in [4.78, 5) is 36.4. The van der Waals surface area contributed by atoms with Gasteiger partial charge in [-0.2, -0.15) is 0 Å². The maximum Gasteiger partial charge on any atom is 0.326 e. The SMILES string of the molecule is CN(C)C(=O)CNC(=O)N1CCCC1C(=O)O. The van der Waals surface area contributed by atoms with Crippen LogP contribution in [0.3, 0.4) is 0 Å². The molecule has 1 atom stereocenters. The van der Waals surface area contributed by atoms with E-state index in [0.29, 0.717) is 19.4 Å². The van der Waals surface area contributed by atoms with E-state index in [1.165, 1.54) is 9.80 Å². The second-order valence-electron chi connectivity index (χ2n) is 4.14. The highest BCUT2D eigenvalue weighted by molar-refractivity contribution is 5.86. The number of aliphatic carboxylic acids is 1. The molecule has 0 spiro atoms. The van der Waals surface area contributed by atoms with Crippen LogP contribution in [0.4, 0.5) is 4.79 Å². The Bertz CT molecular complexity index is 330. The second-order valence-corrected chi connectivity index (χ2v) is 4.14. The summed E-state index contributed by atoms with van der Waals surface area (Å²) in [6, 6.07) is -1.27. The van der Waals surface area contributed by atoms with Crippen LogP contribution in [-0.4, -0.2) is 66.0 Å². The van der Waals surface area contributed by atoms with Crippen LogP contribution in [0.1, 0.15) is 12.8 Å². The van der Waals surface area contributed by atoms with Crippen molar-refractivity contribution in [2.24, 2.45) is 0 Å². The summed E-state index contributed by atoms with van der Waals surface area (Å²) < 4.78 is 0. The molecule has 96 valence electrons. The van der Waals surface area contributed by atoms with E-state index in [2.05, 4.69) is 5.32 Å². The molecule has 0 aliphatic carbocycles. The van der Waals surface area contributed by atoms with E-state index in [-0.39, 0.29) is 12.5 Å². The summed E-state index contributed by atoms with van der Waals surface area (Å²) in [6.07, 6.45) is 1.14. The largest absolute Gasteiger partial charge is 0.480 e. The van der Waals surface area contributed by atoms with Crippen molar-refractivity contribution in [1.29, 1.82) is 0 Å². The Morgan fingerprint density at radius 2 is 2.06 bits per heavy atom. The van der Waals surface area contributed by atoms with Gasteiger partial charge in [-0.1, -0.05) is 0 Å². The molecule has 0 saturated carbocycles. The summed E-state index contributed by atoms with van der Waals surface area (Å²) >= 11 is 0. The molecular formula is C10H17N3O4. The third-order valence-corrected chi connectivity index (χ3v) is 2.69. The molecule has 17 heavy (non-hydrogen) atoms. The number of amides is 3. The maximum absolute atomic E-state index is 11.7. The van der Waals surface area contributed by atoms with Gasteiger partial charge in [0.05, 0.1) is 6.54 Å². The van der Waals surface area contributed by atoms with E-state index in [1.807, 2.05) is 0 Å². The van der Waals surface area contributed by atoms with Crippen LogP contribution < -0.4 is 5.32 Å². The zero-order chi connectivity index (χ0) is 13.0. The van der Waals surface area contributed by atoms with Crippen molar-refractivity contribution >= 4 is 17.9 Å². The first kappa shape index (κ1) is 13.3. The highest BCUT2D eigenvalue weighted by Crippen LogP contribution is 2.16. The van der Waals surface area contributed by atoms with E-state index in [4.69, 9.17) is 5.11 Å². The Morgan fingerprint density at radius 3 is 2.59 bits per heavy atom. The molecule has 1 heterocycles. The van der Waals surface area contributed by atoms with Crippen LogP contribution in [0.5, 0.6) is 0 Å². The molecule has 0 aromatic carbocycles. The monoisotopic (exact) mass is 243 g/mol. The average molecular weight is 243 g/mol. The molecule has 0 aromatic rings. The van der Waals surface area contributed by atoms with Gasteiger partial charge in [-0.15, -0.1) is 0 Å². The summed E-state index contributed by atoms with van der Waals surface area (Å²) in [5.74, 6) is -1.24. The maximum atomic E-state index is 11.7. The van der Waals surface area contributed by atoms with Crippen molar-refractivity contribution in [2.75, 3.05) is 27.2 Å². The minimum Gasteiger partial charge on any atom is -0.480 e. The van der Waals surface area contributed by atoms with Gasteiger partial charge >= 0.3 is 12.0 Å². The Morgan fingerprint density at radius 1 is 1.41 bits per heavy atom. The zero-order valence-electron chi connectivity index (χ0n) is 9.97. The molecular weight excluding hydrogens is 226 g/mol. The van der Waals surface area contributed by atoms with E-state index in [1.54, 1.807) is 14.1 Å². The molecule has 0 bridgehead atoms. The summed E-state index contributed by atoms with van der Waals surface area (Å²) in [5.41, 5.74) is 0. The highest BCUT2D eigenvalue weighted by Gasteiger charge is 2.33. The molecule has 0 radical (unpaired) electrons. The van der Waals surface area contributed by atoms with Crippen molar-refractivity contribution in [1.82, 2.24) is 15.1 Å². The van der Waals surface area contributed by atoms with Crippen LogP contribution in [0.25, 0.3) is 0 Å². The quantitative estimate of drug-likeness (QED) is 0.688. The Kier molecular flexibility index (Phi) is 4.30. The van der Waals surface area contributed by atoms with Gasteiger partial charge in [0.2, 0.25) is 5.91 Å². The van der Waals surface area contributed by atoms with E-state index in [0.717, 1.165) is 0 Å². The minimum absolute atomic E-state index is 0.116. The number of carboxylic acid groups (broad SMARTS) is 1. The molecule has 1 rings (SSSR count). The molecule has 7 nitrogen and oxygen atoms in total. The van der Waals surface area contributed by atoms with Gasteiger partial charge in [0.1, 0.15) is 6.04 Å². The van der Waals surface area contributed by atoms with Gasteiger partial charge in [-0.3, -0.25) is 4.79 Å². The van der Waals surface area contributed by atoms with Crippen molar-refractivity contribution in [3.63, 3.8) is 0 Å². The number of hydrogen-bond donors (Lipinski definition) is 2. The molecule has 1 aliphatic heterocycles. The Hall–Kier alpha value is -1.79. The Balaban J connectivity index is 2.47. The minimum atomic E-state index is -1.00. The number of urea groups is 1. The van der Waals surface area contributed by atoms with Gasteiger partial charge in [0.15, 0.2) is 0 Å². The number of likely N-dealkylation sites (N-methyl/N-ethyl adjacent to an activating group) is 1. The molecule has 1 fully saturated rings. The first-order chi connectivity index (χ1) is 7.93. The van der Waals surface area contributed by atoms with Crippen molar-refractivity contribution in [3.05, 3.63) is 0 Å². The van der Waals surface area contributed by atoms with E-state index >= 15 is 0 Å². The van der Waals surface area contributed by atoms with Crippen molar-refractivity contribution in [3.8, 4) is 0 Å². The molecule has 1 saturated heterocycles. The number of carbonyl (C=O) groups excluding carboxylic acids is 2. The third-order valence-electron chi connectivity index (χ3n) is 2.69. The number of carbonyl (C=O) groups is 3. The van der Waals surface area contributed by atoms with Gasteiger partial charge in [0, 0.05) is 20.6 Å². The lowest BCUT2D eigenvalue weighted by molar-refractivity contribution is -0.141.